The largest absolute Gasteiger partial charge is 0.339 e. The number of carbonyl (C=O) groups excluding carboxylic acids is 1. The summed E-state index contributed by atoms with van der Waals surface area (Å²) in [4.78, 5) is 24.2. The van der Waals surface area contributed by atoms with Gasteiger partial charge in [0.15, 0.2) is 0 Å². The molecule has 0 N–H and O–H groups in total. The third-order valence-corrected chi connectivity index (χ3v) is 4.66. The van der Waals surface area contributed by atoms with E-state index in [2.05, 4.69) is 12.1 Å². The van der Waals surface area contributed by atoms with Gasteiger partial charge in [-0.2, -0.15) is 4.39 Å². The molecule has 3 rings (SSSR count). The number of rotatable bonds is 4. The molecule has 5 nitrogen and oxygen atoms in total. The molecule has 1 aliphatic rings. The fourth-order valence-electron chi connectivity index (χ4n) is 3.26. The SMILES string of the molecule is O=C(c1ccc(F)c([N+](=O)[O-])c1)N1CCC(Cc2ccccc2)CC1. The molecule has 0 saturated carbocycles. The highest BCUT2D eigenvalue weighted by atomic mass is 19.1. The van der Waals surface area contributed by atoms with Crippen molar-refractivity contribution in [1.82, 2.24) is 4.90 Å². The van der Waals surface area contributed by atoms with Gasteiger partial charge in [-0.3, -0.25) is 14.9 Å². The van der Waals surface area contributed by atoms with Gasteiger partial charge >= 0.3 is 5.69 Å². The molecule has 25 heavy (non-hydrogen) atoms. The van der Waals surface area contributed by atoms with Crippen molar-refractivity contribution in [3.05, 3.63) is 75.6 Å². The van der Waals surface area contributed by atoms with Gasteiger partial charge in [-0.25, -0.2) is 0 Å². The van der Waals surface area contributed by atoms with Crippen LogP contribution in [0.5, 0.6) is 0 Å². The average molecular weight is 342 g/mol. The highest BCUT2D eigenvalue weighted by Crippen LogP contribution is 2.24. The number of nitro benzene ring substituents is 1. The summed E-state index contributed by atoms with van der Waals surface area (Å²) in [6.07, 6.45) is 2.78. The minimum Gasteiger partial charge on any atom is -0.339 e. The van der Waals surface area contributed by atoms with Crippen LogP contribution in [-0.4, -0.2) is 28.8 Å². The first-order chi connectivity index (χ1) is 12.0. The monoisotopic (exact) mass is 342 g/mol. The summed E-state index contributed by atoms with van der Waals surface area (Å²) < 4.78 is 13.4. The molecule has 1 aliphatic heterocycles. The maximum Gasteiger partial charge on any atom is 0.305 e. The van der Waals surface area contributed by atoms with Crippen LogP contribution < -0.4 is 0 Å². The Morgan fingerprint density at radius 3 is 2.48 bits per heavy atom. The van der Waals surface area contributed by atoms with Crippen LogP contribution in [0.4, 0.5) is 10.1 Å². The lowest BCUT2D eigenvalue weighted by Crippen LogP contribution is -2.38. The zero-order valence-electron chi connectivity index (χ0n) is 13.7. The number of hydrogen-bond acceptors (Lipinski definition) is 3. The van der Waals surface area contributed by atoms with Crippen LogP contribution in [0.15, 0.2) is 48.5 Å². The zero-order chi connectivity index (χ0) is 17.8. The van der Waals surface area contributed by atoms with Crippen LogP contribution in [0.1, 0.15) is 28.8 Å². The smallest absolute Gasteiger partial charge is 0.305 e. The van der Waals surface area contributed by atoms with Crippen LogP contribution in [0, 0.1) is 21.8 Å². The molecule has 0 radical (unpaired) electrons. The van der Waals surface area contributed by atoms with Crippen molar-refractivity contribution in [2.45, 2.75) is 19.3 Å². The van der Waals surface area contributed by atoms with Gasteiger partial charge < -0.3 is 4.90 Å². The predicted molar refractivity (Wildman–Crippen MR) is 91.8 cm³/mol. The van der Waals surface area contributed by atoms with Gasteiger partial charge in [0.2, 0.25) is 5.82 Å². The number of halogens is 1. The van der Waals surface area contributed by atoms with Gasteiger partial charge in [0.05, 0.1) is 4.92 Å². The van der Waals surface area contributed by atoms with Gasteiger partial charge in [-0.05, 0) is 42.9 Å². The van der Waals surface area contributed by atoms with Gasteiger partial charge in [0.1, 0.15) is 0 Å². The molecule has 0 bridgehead atoms. The highest BCUT2D eigenvalue weighted by molar-refractivity contribution is 5.94. The second-order valence-corrected chi connectivity index (χ2v) is 6.35. The van der Waals surface area contributed by atoms with Crippen molar-refractivity contribution in [3.63, 3.8) is 0 Å². The Labute approximate surface area is 145 Å². The summed E-state index contributed by atoms with van der Waals surface area (Å²) in [6, 6.07) is 13.6. The number of carbonyl (C=O) groups is 1. The number of piperidine rings is 1. The van der Waals surface area contributed by atoms with E-state index >= 15 is 0 Å². The summed E-state index contributed by atoms with van der Waals surface area (Å²) in [5.74, 6) is -0.682. The molecule has 0 unspecified atom stereocenters. The molecule has 130 valence electrons. The standard InChI is InChI=1S/C19H19FN2O3/c20-17-7-6-16(13-18(17)22(24)25)19(23)21-10-8-15(9-11-21)12-14-4-2-1-3-5-14/h1-7,13,15H,8-12H2. The second-order valence-electron chi connectivity index (χ2n) is 6.35. The molecule has 1 fully saturated rings. The van der Waals surface area contributed by atoms with Crippen molar-refractivity contribution in [2.24, 2.45) is 5.92 Å². The molecule has 1 amide bonds. The highest BCUT2D eigenvalue weighted by Gasteiger charge is 2.25. The molecule has 0 atom stereocenters. The van der Waals surface area contributed by atoms with E-state index in [0.717, 1.165) is 31.4 Å². The normalized spacial score (nSPS) is 15.2. The minimum atomic E-state index is -0.928. The lowest BCUT2D eigenvalue weighted by Gasteiger charge is -2.32. The van der Waals surface area contributed by atoms with E-state index in [4.69, 9.17) is 0 Å². The van der Waals surface area contributed by atoms with E-state index in [-0.39, 0.29) is 11.5 Å². The van der Waals surface area contributed by atoms with Crippen molar-refractivity contribution in [3.8, 4) is 0 Å². The van der Waals surface area contributed by atoms with Crippen LogP contribution in [0.3, 0.4) is 0 Å². The number of hydrogen-bond donors (Lipinski definition) is 0. The Hall–Kier alpha value is -2.76. The van der Waals surface area contributed by atoms with Crippen molar-refractivity contribution >= 4 is 11.6 Å². The molecular weight excluding hydrogens is 323 g/mol. The molecular formula is C19H19FN2O3. The molecule has 1 heterocycles. The Bertz CT molecular complexity index is 771. The van der Waals surface area contributed by atoms with Crippen LogP contribution >= 0.6 is 0 Å². The molecule has 1 saturated heterocycles. The Balaban J connectivity index is 1.62. The summed E-state index contributed by atoms with van der Waals surface area (Å²) in [5.41, 5.74) is 0.792. The summed E-state index contributed by atoms with van der Waals surface area (Å²) in [6.45, 7) is 1.23. The van der Waals surface area contributed by atoms with E-state index in [1.807, 2.05) is 18.2 Å². The number of benzene rings is 2. The van der Waals surface area contributed by atoms with Crippen LogP contribution in [0.2, 0.25) is 0 Å². The summed E-state index contributed by atoms with van der Waals surface area (Å²) in [5, 5.41) is 10.8. The van der Waals surface area contributed by atoms with Crippen molar-refractivity contribution in [1.29, 1.82) is 0 Å². The first-order valence-electron chi connectivity index (χ1n) is 8.31. The summed E-state index contributed by atoms with van der Waals surface area (Å²) in [7, 11) is 0. The fraction of sp³-hybridized carbons (Fsp3) is 0.316. The maximum absolute atomic E-state index is 13.4. The molecule has 0 spiro atoms. The fourth-order valence-corrected chi connectivity index (χ4v) is 3.26. The predicted octanol–water partition coefficient (Wildman–Crippen LogP) is 3.83. The topological polar surface area (TPSA) is 63.4 Å². The van der Waals surface area contributed by atoms with Crippen LogP contribution in [-0.2, 0) is 6.42 Å². The number of likely N-dealkylation sites (tertiary alicyclic amines) is 1. The van der Waals surface area contributed by atoms with Gasteiger partial charge in [0.25, 0.3) is 5.91 Å². The number of nitrogens with zero attached hydrogens (tertiary/aromatic N) is 2. The Kier molecular flexibility index (Phi) is 5.07. The Morgan fingerprint density at radius 1 is 1.16 bits per heavy atom. The summed E-state index contributed by atoms with van der Waals surface area (Å²) >= 11 is 0. The van der Waals surface area contributed by atoms with Gasteiger partial charge in [-0.1, -0.05) is 30.3 Å². The first-order valence-corrected chi connectivity index (χ1v) is 8.31. The van der Waals surface area contributed by atoms with Gasteiger partial charge in [-0.15, -0.1) is 0 Å². The zero-order valence-corrected chi connectivity index (χ0v) is 13.7. The third-order valence-electron chi connectivity index (χ3n) is 4.66. The molecule has 2 aromatic carbocycles. The third kappa shape index (κ3) is 4.02. The number of amides is 1. The molecule has 6 heteroatoms. The van der Waals surface area contributed by atoms with Crippen molar-refractivity contribution < 1.29 is 14.1 Å². The van der Waals surface area contributed by atoms with E-state index in [1.54, 1.807) is 4.90 Å². The second kappa shape index (κ2) is 7.42. The lowest BCUT2D eigenvalue weighted by atomic mass is 9.90. The van der Waals surface area contributed by atoms with E-state index < -0.39 is 16.4 Å². The van der Waals surface area contributed by atoms with Crippen molar-refractivity contribution in [2.75, 3.05) is 13.1 Å². The Morgan fingerprint density at radius 2 is 1.84 bits per heavy atom. The molecule has 2 aromatic rings. The van der Waals surface area contributed by atoms with Gasteiger partial charge in [0, 0.05) is 24.7 Å². The minimum absolute atomic E-state index is 0.162. The van der Waals surface area contributed by atoms with E-state index in [1.165, 1.54) is 11.6 Å². The maximum atomic E-state index is 13.4. The van der Waals surface area contributed by atoms with Crippen LogP contribution in [0.25, 0.3) is 0 Å². The first kappa shape index (κ1) is 17.1. The quantitative estimate of drug-likeness (QED) is 0.626. The average Bonchev–Trinajstić information content (AvgIpc) is 2.63. The van der Waals surface area contributed by atoms with E-state index in [0.29, 0.717) is 19.0 Å². The van der Waals surface area contributed by atoms with E-state index in [9.17, 15) is 19.3 Å². The lowest BCUT2D eigenvalue weighted by molar-refractivity contribution is -0.387. The molecule has 0 aliphatic carbocycles. The molecule has 0 aromatic heterocycles. The number of nitro groups is 1.